The molecule has 18 heavy (non-hydrogen) atoms. The summed E-state index contributed by atoms with van der Waals surface area (Å²) in [5, 5.41) is 19.2. The fraction of sp³-hybridized carbons (Fsp3) is 0.818. The van der Waals surface area contributed by atoms with Crippen LogP contribution in [0, 0.1) is 5.92 Å². The molecule has 5 unspecified atom stereocenters. The third-order valence-electron chi connectivity index (χ3n) is 2.74. The molecule has 0 aliphatic carbocycles. The molecule has 1 rings (SSSR count). The van der Waals surface area contributed by atoms with E-state index in [4.69, 9.17) is 9.47 Å². The lowest BCUT2D eigenvalue weighted by Gasteiger charge is -2.39. The Labute approximate surface area is 110 Å². The van der Waals surface area contributed by atoms with Crippen molar-refractivity contribution in [2.45, 2.75) is 43.7 Å². The summed E-state index contributed by atoms with van der Waals surface area (Å²) in [5.41, 5.74) is -0.554. The van der Waals surface area contributed by atoms with Gasteiger partial charge in [-0.05, 0) is 0 Å². The van der Waals surface area contributed by atoms with E-state index in [0.29, 0.717) is 0 Å². The zero-order chi connectivity index (χ0) is 13.9. The normalized spacial score (nSPS) is 35.9. The van der Waals surface area contributed by atoms with Crippen LogP contribution in [0.3, 0.4) is 0 Å². The van der Waals surface area contributed by atoms with Gasteiger partial charge in [0.05, 0.1) is 17.5 Å². The van der Waals surface area contributed by atoms with Crippen LogP contribution in [-0.4, -0.2) is 51.7 Å². The second-order valence-electron chi connectivity index (χ2n) is 4.30. The summed E-state index contributed by atoms with van der Waals surface area (Å²) in [4.78, 5) is 21.7. The summed E-state index contributed by atoms with van der Waals surface area (Å²) in [6, 6.07) is 0. The average molecular weight is 278 g/mol. The highest BCUT2D eigenvalue weighted by molar-refractivity contribution is 8.00. The number of esters is 2. The van der Waals surface area contributed by atoms with Crippen LogP contribution in [0.5, 0.6) is 0 Å². The summed E-state index contributed by atoms with van der Waals surface area (Å²) in [6.45, 7) is 4.22. The first-order chi connectivity index (χ1) is 8.32. The Morgan fingerprint density at radius 2 is 1.78 bits per heavy atom. The van der Waals surface area contributed by atoms with Crippen molar-refractivity contribution in [3.63, 3.8) is 0 Å². The summed E-state index contributed by atoms with van der Waals surface area (Å²) >= 11 is 1.19. The predicted molar refractivity (Wildman–Crippen MR) is 64.7 cm³/mol. The molecule has 1 heterocycles. The fourth-order valence-electron chi connectivity index (χ4n) is 1.70. The molecule has 1 aliphatic heterocycles. The van der Waals surface area contributed by atoms with Crippen LogP contribution >= 0.6 is 11.8 Å². The van der Waals surface area contributed by atoms with Crippen molar-refractivity contribution in [2.24, 2.45) is 5.92 Å². The molecule has 0 radical (unpaired) electrons. The van der Waals surface area contributed by atoms with Crippen LogP contribution in [-0.2, 0) is 19.1 Å². The molecule has 1 fully saturated rings. The van der Waals surface area contributed by atoms with Crippen LogP contribution in [0.15, 0.2) is 0 Å². The number of hydrogen-bond acceptors (Lipinski definition) is 7. The van der Waals surface area contributed by atoms with E-state index < -0.39 is 34.8 Å². The number of aliphatic hydroxyl groups excluding tert-OH is 2. The van der Waals surface area contributed by atoms with Gasteiger partial charge in [0.1, 0.15) is 6.61 Å². The second-order valence-corrected chi connectivity index (χ2v) is 5.64. The monoisotopic (exact) mass is 278 g/mol. The van der Waals surface area contributed by atoms with E-state index in [0.717, 1.165) is 0 Å². The zero-order valence-electron chi connectivity index (χ0n) is 10.5. The van der Waals surface area contributed by atoms with Gasteiger partial charge in [0.25, 0.3) is 0 Å². The van der Waals surface area contributed by atoms with E-state index >= 15 is 0 Å². The fourth-order valence-corrected chi connectivity index (χ4v) is 3.12. The Morgan fingerprint density at radius 1 is 1.17 bits per heavy atom. The molecule has 0 amide bonds. The molecule has 5 atom stereocenters. The average Bonchev–Trinajstić information content (AvgIpc) is 2.27. The van der Waals surface area contributed by atoms with E-state index in [1.165, 1.54) is 25.6 Å². The van der Waals surface area contributed by atoms with Gasteiger partial charge in [-0.25, -0.2) is 0 Å². The zero-order valence-corrected chi connectivity index (χ0v) is 11.3. The van der Waals surface area contributed by atoms with Gasteiger partial charge in [-0.2, -0.15) is 0 Å². The van der Waals surface area contributed by atoms with Crippen molar-refractivity contribution in [2.75, 3.05) is 6.61 Å². The van der Waals surface area contributed by atoms with Crippen molar-refractivity contribution in [1.82, 2.24) is 0 Å². The maximum atomic E-state index is 11.0. The molecule has 0 bridgehead atoms. The van der Waals surface area contributed by atoms with Crippen molar-refractivity contribution < 1.29 is 29.3 Å². The Balaban J connectivity index is 2.67. The molecule has 0 saturated carbocycles. The van der Waals surface area contributed by atoms with Crippen LogP contribution < -0.4 is 0 Å². The molecular formula is C11H18O6S. The number of carbonyl (C=O) groups excluding carboxylic acids is 2. The van der Waals surface area contributed by atoms with E-state index in [9.17, 15) is 19.8 Å². The van der Waals surface area contributed by atoms with Crippen LogP contribution in [0.1, 0.15) is 20.8 Å². The SMILES string of the molecule is CC(=O)OCC1SC(OC(C)=O)C(C)C(O)C1O. The molecule has 0 spiro atoms. The van der Waals surface area contributed by atoms with Gasteiger partial charge >= 0.3 is 11.9 Å². The Kier molecular flexibility index (Phi) is 5.43. The van der Waals surface area contributed by atoms with E-state index in [1.54, 1.807) is 6.92 Å². The molecule has 1 saturated heterocycles. The van der Waals surface area contributed by atoms with Crippen LogP contribution in [0.2, 0.25) is 0 Å². The number of ether oxygens (including phenoxy) is 2. The largest absolute Gasteiger partial charge is 0.465 e. The van der Waals surface area contributed by atoms with E-state index in [-0.39, 0.29) is 12.5 Å². The minimum atomic E-state index is -1.02. The molecule has 6 nitrogen and oxygen atoms in total. The Bertz CT molecular complexity index is 319. The third-order valence-corrected chi connectivity index (χ3v) is 4.30. The first kappa shape index (κ1) is 15.3. The summed E-state index contributed by atoms with van der Waals surface area (Å²) in [7, 11) is 0. The Morgan fingerprint density at radius 3 is 2.28 bits per heavy atom. The lowest BCUT2D eigenvalue weighted by Crippen LogP contribution is -2.51. The summed E-state index contributed by atoms with van der Waals surface area (Å²) in [6.07, 6.45) is -2.03. The molecule has 1 aliphatic rings. The van der Waals surface area contributed by atoms with Gasteiger partial charge in [0, 0.05) is 19.8 Å². The van der Waals surface area contributed by atoms with E-state index in [2.05, 4.69) is 0 Å². The van der Waals surface area contributed by atoms with Crippen LogP contribution in [0.25, 0.3) is 0 Å². The molecule has 0 aromatic heterocycles. The first-order valence-corrected chi connectivity index (χ1v) is 6.59. The lowest BCUT2D eigenvalue weighted by molar-refractivity contribution is -0.149. The number of thioether (sulfide) groups is 1. The minimum Gasteiger partial charge on any atom is -0.465 e. The first-order valence-electron chi connectivity index (χ1n) is 5.65. The van der Waals surface area contributed by atoms with Gasteiger partial charge in [0.2, 0.25) is 0 Å². The maximum absolute atomic E-state index is 11.0. The summed E-state index contributed by atoms with van der Waals surface area (Å²) in [5.74, 6) is -1.29. The molecule has 0 aromatic carbocycles. The van der Waals surface area contributed by atoms with Gasteiger partial charge in [0.15, 0.2) is 5.44 Å². The van der Waals surface area contributed by atoms with E-state index in [1.807, 2.05) is 0 Å². The van der Waals surface area contributed by atoms with Crippen LogP contribution in [0.4, 0.5) is 0 Å². The number of aliphatic hydroxyl groups is 2. The highest BCUT2D eigenvalue weighted by Gasteiger charge is 2.43. The quantitative estimate of drug-likeness (QED) is 0.697. The maximum Gasteiger partial charge on any atom is 0.303 e. The summed E-state index contributed by atoms with van der Waals surface area (Å²) < 4.78 is 9.89. The second kappa shape index (κ2) is 6.40. The topological polar surface area (TPSA) is 93.1 Å². The minimum absolute atomic E-state index is 0.0251. The molecule has 2 N–H and O–H groups in total. The number of rotatable bonds is 3. The Hall–Kier alpha value is -0.790. The van der Waals surface area contributed by atoms with Gasteiger partial charge < -0.3 is 19.7 Å². The molecular weight excluding hydrogens is 260 g/mol. The van der Waals surface area contributed by atoms with Crippen molar-refractivity contribution in [1.29, 1.82) is 0 Å². The lowest BCUT2D eigenvalue weighted by atomic mass is 9.97. The predicted octanol–water partition coefficient (Wildman–Crippen LogP) is -0.0880. The van der Waals surface area contributed by atoms with Crippen molar-refractivity contribution in [3.8, 4) is 0 Å². The smallest absolute Gasteiger partial charge is 0.303 e. The highest BCUT2D eigenvalue weighted by atomic mass is 32.2. The molecule has 104 valence electrons. The molecule has 0 aromatic rings. The highest BCUT2D eigenvalue weighted by Crippen LogP contribution is 2.37. The van der Waals surface area contributed by atoms with Crippen molar-refractivity contribution in [3.05, 3.63) is 0 Å². The van der Waals surface area contributed by atoms with Gasteiger partial charge in [-0.1, -0.05) is 6.92 Å². The third kappa shape index (κ3) is 3.86. The van der Waals surface area contributed by atoms with Crippen molar-refractivity contribution >= 4 is 23.7 Å². The number of carbonyl (C=O) groups is 2. The molecule has 7 heteroatoms. The van der Waals surface area contributed by atoms with Gasteiger partial charge in [-0.15, -0.1) is 11.8 Å². The standard InChI is InChI=1S/C11H18O6S/c1-5-9(14)10(15)8(4-16-6(2)12)18-11(5)17-7(3)13/h5,8-11,14-15H,4H2,1-3H3. The number of hydrogen-bond donors (Lipinski definition) is 2. The van der Waals surface area contributed by atoms with Gasteiger partial charge in [-0.3, -0.25) is 9.59 Å².